The summed E-state index contributed by atoms with van der Waals surface area (Å²) in [5.74, 6) is -0.341. The normalized spacial score (nSPS) is 15.9. The lowest BCUT2D eigenvalue weighted by Gasteiger charge is -2.43. The maximum absolute atomic E-state index is 13.3. The number of hydrogen-bond donors (Lipinski definition) is 2. The van der Waals surface area contributed by atoms with Gasteiger partial charge in [0.25, 0.3) is 0 Å². The summed E-state index contributed by atoms with van der Waals surface area (Å²) in [6.07, 6.45) is 4.09. The Bertz CT molecular complexity index is 827. The van der Waals surface area contributed by atoms with Crippen molar-refractivity contribution in [3.05, 3.63) is 29.8 Å². The molecular formula is C18H25N7O2. The molecule has 9 nitrogen and oxygen atoms in total. The topological polar surface area (TPSA) is 119 Å². The van der Waals surface area contributed by atoms with E-state index in [9.17, 15) is 9.59 Å². The quantitative estimate of drug-likeness (QED) is 0.819. The molecule has 2 amide bonds. The summed E-state index contributed by atoms with van der Waals surface area (Å²) in [5, 5.41) is 13.8. The maximum Gasteiger partial charge on any atom is 0.250 e. The van der Waals surface area contributed by atoms with Crippen LogP contribution in [0.25, 0.3) is 0 Å². The number of benzene rings is 1. The molecule has 1 aliphatic carbocycles. The van der Waals surface area contributed by atoms with Crippen molar-refractivity contribution in [1.29, 1.82) is 0 Å². The molecule has 1 aliphatic rings. The minimum atomic E-state index is -0.889. The molecule has 0 spiro atoms. The van der Waals surface area contributed by atoms with Crippen molar-refractivity contribution in [3.63, 3.8) is 0 Å². The van der Waals surface area contributed by atoms with Gasteiger partial charge in [0.15, 0.2) is 0 Å². The second-order valence-electron chi connectivity index (χ2n) is 7.01. The van der Waals surface area contributed by atoms with E-state index in [4.69, 9.17) is 5.73 Å². The number of nitrogens with two attached hydrogens (primary N) is 1. The third kappa shape index (κ3) is 3.76. The van der Waals surface area contributed by atoms with Crippen LogP contribution in [0, 0.1) is 6.92 Å². The molecule has 1 heterocycles. The smallest absolute Gasteiger partial charge is 0.250 e. The van der Waals surface area contributed by atoms with Gasteiger partial charge < -0.3 is 16.0 Å². The third-order valence-electron chi connectivity index (χ3n) is 5.36. The van der Waals surface area contributed by atoms with E-state index < -0.39 is 5.54 Å². The van der Waals surface area contributed by atoms with E-state index in [0.717, 1.165) is 30.5 Å². The Morgan fingerprint density at radius 3 is 2.59 bits per heavy atom. The average molecular weight is 371 g/mol. The van der Waals surface area contributed by atoms with E-state index in [-0.39, 0.29) is 24.3 Å². The van der Waals surface area contributed by atoms with Crippen LogP contribution < -0.4 is 11.1 Å². The molecule has 0 aliphatic heterocycles. The van der Waals surface area contributed by atoms with E-state index in [0.29, 0.717) is 12.8 Å². The summed E-state index contributed by atoms with van der Waals surface area (Å²) in [7, 11) is 1.67. The fourth-order valence-corrected chi connectivity index (χ4v) is 3.60. The molecule has 1 aromatic carbocycles. The molecule has 3 rings (SSSR count). The van der Waals surface area contributed by atoms with E-state index in [2.05, 4.69) is 20.8 Å². The Hall–Kier alpha value is -2.97. The standard InChI is InChI=1S/C18H25N7O2/c1-13-8-4-5-9-14(13)20-16(27)18(10-6-3-7-11-18)24(2)15(26)12-25-17(19)21-22-23-25/h4-5,8-9H,3,6-7,10-12H2,1-2H3,(H,20,27)(H2,19,21,23). The Balaban J connectivity index is 1.83. The van der Waals surface area contributed by atoms with Crippen molar-refractivity contribution in [2.75, 3.05) is 18.1 Å². The number of likely N-dealkylation sites (N-methyl/N-ethyl adjacent to an activating group) is 1. The minimum Gasteiger partial charge on any atom is -0.367 e. The second-order valence-corrected chi connectivity index (χ2v) is 7.01. The lowest BCUT2D eigenvalue weighted by Crippen LogP contribution is -2.59. The summed E-state index contributed by atoms with van der Waals surface area (Å²) in [6, 6.07) is 7.62. The van der Waals surface area contributed by atoms with Crippen molar-refractivity contribution in [2.45, 2.75) is 51.1 Å². The van der Waals surface area contributed by atoms with Gasteiger partial charge in [-0.3, -0.25) is 9.59 Å². The van der Waals surface area contributed by atoms with Gasteiger partial charge in [-0.05, 0) is 41.8 Å². The van der Waals surface area contributed by atoms with Gasteiger partial charge in [-0.2, -0.15) is 0 Å². The van der Waals surface area contributed by atoms with E-state index >= 15 is 0 Å². The van der Waals surface area contributed by atoms with Gasteiger partial charge in [0.05, 0.1) is 0 Å². The fraction of sp³-hybridized carbons (Fsp3) is 0.500. The second kappa shape index (κ2) is 7.73. The molecule has 0 unspecified atom stereocenters. The van der Waals surface area contributed by atoms with Crippen LogP contribution in [-0.4, -0.2) is 49.5 Å². The van der Waals surface area contributed by atoms with Crippen LogP contribution in [0.3, 0.4) is 0 Å². The number of amides is 2. The van der Waals surface area contributed by atoms with Gasteiger partial charge in [0, 0.05) is 12.7 Å². The van der Waals surface area contributed by atoms with Crippen molar-refractivity contribution in [3.8, 4) is 0 Å². The molecule has 1 saturated carbocycles. The molecular weight excluding hydrogens is 346 g/mol. The highest BCUT2D eigenvalue weighted by Gasteiger charge is 2.45. The summed E-state index contributed by atoms with van der Waals surface area (Å²) >= 11 is 0. The number of carbonyl (C=O) groups is 2. The van der Waals surface area contributed by atoms with Crippen LogP contribution in [-0.2, 0) is 16.1 Å². The van der Waals surface area contributed by atoms with Gasteiger partial charge in [0.1, 0.15) is 12.1 Å². The van der Waals surface area contributed by atoms with Gasteiger partial charge in [-0.15, -0.1) is 0 Å². The SMILES string of the molecule is Cc1ccccc1NC(=O)C1(N(C)C(=O)Cn2nnnc2N)CCCCC1. The van der Waals surface area contributed by atoms with Crippen molar-refractivity contribution < 1.29 is 9.59 Å². The van der Waals surface area contributed by atoms with Gasteiger partial charge >= 0.3 is 0 Å². The van der Waals surface area contributed by atoms with Gasteiger partial charge in [-0.1, -0.05) is 42.6 Å². The first-order valence-corrected chi connectivity index (χ1v) is 9.09. The number of tetrazole rings is 1. The molecule has 0 saturated heterocycles. The zero-order valence-electron chi connectivity index (χ0n) is 15.7. The van der Waals surface area contributed by atoms with E-state index in [1.807, 2.05) is 31.2 Å². The van der Waals surface area contributed by atoms with Crippen LogP contribution in [0.1, 0.15) is 37.7 Å². The molecule has 0 radical (unpaired) electrons. The summed E-state index contributed by atoms with van der Waals surface area (Å²) < 4.78 is 1.23. The molecule has 2 aromatic rings. The maximum atomic E-state index is 13.3. The Morgan fingerprint density at radius 2 is 1.96 bits per heavy atom. The molecule has 144 valence electrons. The first-order chi connectivity index (χ1) is 12.9. The largest absolute Gasteiger partial charge is 0.367 e. The molecule has 1 aromatic heterocycles. The average Bonchev–Trinajstić information content (AvgIpc) is 3.08. The highest BCUT2D eigenvalue weighted by molar-refractivity contribution is 6.01. The number of nitrogens with one attached hydrogen (secondary N) is 1. The van der Waals surface area contributed by atoms with Crippen molar-refractivity contribution in [2.24, 2.45) is 0 Å². The van der Waals surface area contributed by atoms with Crippen LogP contribution >= 0.6 is 0 Å². The lowest BCUT2D eigenvalue weighted by molar-refractivity contribution is -0.146. The zero-order chi connectivity index (χ0) is 19.4. The number of carbonyl (C=O) groups excluding carboxylic acids is 2. The number of aromatic nitrogens is 4. The Morgan fingerprint density at radius 1 is 1.26 bits per heavy atom. The molecule has 0 atom stereocenters. The first-order valence-electron chi connectivity index (χ1n) is 9.09. The summed E-state index contributed by atoms with van der Waals surface area (Å²) in [4.78, 5) is 27.7. The van der Waals surface area contributed by atoms with Crippen LogP contribution in [0.2, 0.25) is 0 Å². The van der Waals surface area contributed by atoms with Gasteiger partial charge in [0.2, 0.25) is 17.8 Å². The van der Waals surface area contributed by atoms with Crippen molar-refractivity contribution in [1.82, 2.24) is 25.1 Å². The summed E-state index contributed by atoms with van der Waals surface area (Å²) in [6.45, 7) is 1.84. The van der Waals surface area contributed by atoms with E-state index in [1.165, 1.54) is 4.68 Å². The molecule has 1 fully saturated rings. The number of hydrogen-bond acceptors (Lipinski definition) is 6. The monoisotopic (exact) mass is 371 g/mol. The van der Waals surface area contributed by atoms with Gasteiger partial charge in [-0.25, -0.2) is 4.68 Å². The molecule has 0 bridgehead atoms. The number of nitrogens with zero attached hydrogens (tertiary/aromatic N) is 5. The number of anilines is 2. The zero-order valence-corrected chi connectivity index (χ0v) is 15.7. The van der Waals surface area contributed by atoms with Crippen LogP contribution in [0.4, 0.5) is 11.6 Å². The fourth-order valence-electron chi connectivity index (χ4n) is 3.60. The predicted molar refractivity (Wildman–Crippen MR) is 101 cm³/mol. The third-order valence-corrected chi connectivity index (χ3v) is 5.36. The molecule has 9 heteroatoms. The molecule has 3 N–H and O–H groups in total. The van der Waals surface area contributed by atoms with Crippen LogP contribution in [0.15, 0.2) is 24.3 Å². The number of rotatable bonds is 5. The van der Waals surface area contributed by atoms with Crippen molar-refractivity contribution >= 4 is 23.5 Å². The number of nitrogen functional groups attached to an aromatic ring is 1. The first kappa shape index (κ1) is 18.8. The minimum absolute atomic E-state index is 0.0683. The Kier molecular flexibility index (Phi) is 5.38. The Labute approximate surface area is 157 Å². The molecule has 27 heavy (non-hydrogen) atoms. The highest BCUT2D eigenvalue weighted by Crippen LogP contribution is 2.34. The highest BCUT2D eigenvalue weighted by atomic mass is 16.2. The number of para-hydroxylation sites is 1. The van der Waals surface area contributed by atoms with E-state index in [1.54, 1.807) is 11.9 Å². The summed E-state index contributed by atoms with van der Waals surface area (Å²) in [5.41, 5.74) is 6.51. The lowest BCUT2D eigenvalue weighted by atomic mass is 9.79. The predicted octanol–water partition coefficient (Wildman–Crippen LogP) is 1.36. The number of aryl methyl sites for hydroxylation is 1. The van der Waals surface area contributed by atoms with Crippen LogP contribution in [0.5, 0.6) is 0 Å².